The number of carboxylic acid groups (broad SMARTS) is 1. The molecule has 1 aliphatic carbocycles. The van der Waals surface area contributed by atoms with Crippen molar-refractivity contribution in [1.29, 1.82) is 0 Å². The quantitative estimate of drug-likeness (QED) is 0.689. The monoisotopic (exact) mass is 226 g/mol. The molecule has 0 amide bonds. The highest BCUT2D eigenvalue weighted by Crippen LogP contribution is 2.23. The number of allylic oxidation sites excluding steroid dienone is 1. The minimum atomic E-state index is -0.811. The molecule has 2 N–H and O–H groups in total. The molecule has 4 heteroatoms. The van der Waals surface area contributed by atoms with Crippen LogP contribution in [0, 0.1) is 0 Å². The number of carboxylic acids is 1. The van der Waals surface area contributed by atoms with Gasteiger partial charge in [0, 0.05) is 25.2 Å². The zero-order valence-electron chi connectivity index (χ0n) is 10.2. The first kappa shape index (κ1) is 13.2. The molecular weight excluding hydrogens is 204 g/mol. The lowest BCUT2D eigenvalue weighted by molar-refractivity contribution is -0.131. The number of nitrogens with zero attached hydrogens (tertiary/aromatic N) is 1. The van der Waals surface area contributed by atoms with Crippen molar-refractivity contribution in [3.05, 3.63) is 11.6 Å². The summed E-state index contributed by atoms with van der Waals surface area (Å²) in [5.74, 6) is -0.811. The van der Waals surface area contributed by atoms with Crippen molar-refractivity contribution in [2.24, 2.45) is 0 Å². The van der Waals surface area contributed by atoms with Crippen molar-refractivity contribution in [2.45, 2.75) is 31.7 Å². The third-order valence-electron chi connectivity index (χ3n) is 2.95. The first-order valence-electron chi connectivity index (χ1n) is 5.88. The fraction of sp³-hybridized carbons (Fsp3) is 0.750. The van der Waals surface area contributed by atoms with E-state index in [1.807, 2.05) is 0 Å². The van der Waals surface area contributed by atoms with E-state index in [-0.39, 0.29) is 0 Å². The molecule has 0 spiro atoms. The number of aliphatic carboxylic acids is 1. The maximum Gasteiger partial charge on any atom is 0.328 e. The molecule has 0 aliphatic heterocycles. The van der Waals surface area contributed by atoms with Crippen LogP contribution in [-0.2, 0) is 4.79 Å². The van der Waals surface area contributed by atoms with E-state index in [9.17, 15) is 4.79 Å². The van der Waals surface area contributed by atoms with Gasteiger partial charge in [0.1, 0.15) is 0 Å². The highest BCUT2D eigenvalue weighted by molar-refractivity contribution is 5.80. The SMILES string of the molecule is CN(C)CCNC1CCC(=CC(=O)O)CC1. The molecule has 4 nitrogen and oxygen atoms in total. The summed E-state index contributed by atoms with van der Waals surface area (Å²) >= 11 is 0. The largest absolute Gasteiger partial charge is 0.478 e. The molecule has 0 aromatic rings. The standard InChI is InChI=1S/C12H22N2O2/c1-14(2)8-7-13-11-5-3-10(4-6-11)9-12(15)16/h9,11,13H,3-8H2,1-2H3,(H,15,16). The molecule has 1 fully saturated rings. The Bertz CT molecular complexity index is 252. The van der Waals surface area contributed by atoms with Crippen LogP contribution in [0.3, 0.4) is 0 Å². The lowest BCUT2D eigenvalue weighted by Gasteiger charge is -2.25. The fourth-order valence-corrected chi connectivity index (χ4v) is 2.00. The smallest absolute Gasteiger partial charge is 0.328 e. The molecule has 0 saturated heterocycles. The molecule has 1 aliphatic rings. The summed E-state index contributed by atoms with van der Waals surface area (Å²) < 4.78 is 0. The molecule has 1 rings (SSSR count). The maximum atomic E-state index is 10.5. The summed E-state index contributed by atoms with van der Waals surface area (Å²) in [6.07, 6.45) is 5.34. The van der Waals surface area contributed by atoms with Gasteiger partial charge in [0.2, 0.25) is 0 Å². The first-order chi connectivity index (χ1) is 7.58. The van der Waals surface area contributed by atoms with Crippen molar-refractivity contribution in [2.75, 3.05) is 27.2 Å². The Hall–Kier alpha value is -0.870. The average molecular weight is 226 g/mol. The van der Waals surface area contributed by atoms with E-state index in [0.717, 1.165) is 44.3 Å². The van der Waals surface area contributed by atoms with E-state index in [1.54, 1.807) is 0 Å². The summed E-state index contributed by atoms with van der Waals surface area (Å²) in [6, 6.07) is 0.561. The summed E-state index contributed by atoms with van der Waals surface area (Å²) in [6.45, 7) is 2.06. The molecule has 16 heavy (non-hydrogen) atoms. The number of rotatable bonds is 5. The second-order valence-corrected chi connectivity index (χ2v) is 4.67. The second kappa shape index (κ2) is 6.66. The summed E-state index contributed by atoms with van der Waals surface area (Å²) in [5.41, 5.74) is 1.08. The highest BCUT2D eigenvalue weighted by Gasteiger charge is 2.16. The predicted molar refractivity (Wildman–Crippen MR) is 64.5 cm³/mol. The summed E-state index contributed by atoms with van der Waals surface area (Å²) in [7, 11) is 4.13. The topological polar surface area (TPSA) is 52.6 Å². The van der Waals surface area contributed by atoms with Gasteiger partial charge in [-0.05, 0) is 39.8 Å². The Labute approximate surface area is 97.3 Å². The zero-order valence-corrected chi connectivity index (χ0v) is 10.2. The molecule has 0 atom stereocenters. The third-order valence-corrected chi connectivity index (χ3v) is 2.95. The summed E-state index contributed by atoms with van der Waals surface area (Å²) in [4.78, 5) is 12.7. The van der Waals surface area contributed by atoms with Gasteiger partial charge in [-0.15, -0.1) is 0 Å². The lowest BCUT2D eigenvalue weighted by atomic mass is 9.90. The Morgan fingerprint density at radius 3 is 2.62 bits per heavy atom. The third kappa shape index (κ3) is 5.28. The zero-order chi connectivity index (χ0) is 12.0. The molecule has 1 saturated carbocycles. The van der Waals surface area contributed by atoms with Crippen LogP contribution in [0.4, 0.5) is 0 Å². The number of hydrogen-bond donors (Lipinski definition) is 2. The van der Waals surface area contributed by atoms with E-state index in [2.05, 4.69) is 24.3 Å². The van der Waals surface area contributed by atoms with Gasteiger partial charge in [-0.3, -0.25) is 0 Å². The van der Waals surface area contributed by atoms with Gasteiger partial charge in [0.05, 0.1) is 0 Å². The van der Waals surface area contributed by atoms with Crippen LogP contribution in [0.2, 0.25) is 0 Å². The first-order valence-corrected chi connectivity index (χ1v) is 5.88. The van der Waals surface area contributed by atoms with Crippen molar-refractivity contribution in [3.8, 4) is 0 Å². The molecule has 0 aromatic carbocycles. The Balaban J connectivity index is 2.19. The Kier molecular flexibility index (Phi) is 5.49. The van der Waals surface area contributed by atoms with Gasteiger partial charge >= 0.3 is 5.97 Å². The van der Waals surface area contributed by atoms with Crippen LogP contribution >= 0.6 is 0 Å². The number of carbonyl (C=O) groups is 1. The predicted octanol–water partition coefficient (Wildman–Crippen LogP) is 1.09. The van der Waals surface area contributed by atoms with Crippen molar-refractivity contribution in [1.82, 2.24) is 10.2 Å². The van der Waals surface area contributed by atoms with Crippen LogP contribution < -0.4 is 5.32 Å². The minimum absolute atomic E-state index is 0.561. The van der Waals surface area contributed by atoms with Gasteiger partial charge in [0.15, 0.2) is 0 Å². The Morgan fingerprint density at radius 2 is 2.12 bits per heavy atom. The molecule has 0 bridgehead atoms. The second-order valence-electron chi connectivity index (χ2n) is 4.67. The molecule has 0 radical (unpaired) electrons. The van der Waals surface area contributed by atoms with E-state index in [4.69, 9.17) is 5.11 Å². The lowest BCUT2D eigenvalue weighted by Crippen LogP contribution is -2.36. The van der Waals surface area contributed by atoms with Gasteiger partial charge in [-0.25, -0.2) is 4.79 Å². The fourth-order valence-electron chi connectivity index (χ4n) is 2.00. The van der Waals surface area contributed by atoms with E-state index < -0.39 is 5.97 Å². The van der Waals surface area contributed by atoms with Crippen LogP contribution in [0.25, 0.3) is 0 Å². The van der Waals surface area contributed by atoms with Gasteiger partial charge < -0.3 is 15.3 Å². The molecule has 0 unspecified atom stereocenters. The number of likely N-dealkylation sites (N-methyl/N-ethyl adjacent to an activating group) is 1. The van der Waals surface area contributed by atoms with E-state index >= 15 is 0 Å². The van der Waals surface area contributed by atoms with E-state index in [1.165, 1.54) is 6.08 Å². The molecule has 0 aromatic heterocycles. The normalized spacial score (nSPS) is 21.2. The van der Waals surface area contributed by atoms with Gasteiger partial charge in [-0.1, -0.05) is 5.57 Å². The minimum Gasteiger partial charge on any atom is -0.478 e. The molecule has 0 heterocycles. The van der Waals surface area contributed by atoms with E-state index in [0.29, 0.717) is 6.04 Å². The maximum absolute atomic E-state index is 10.5. The van der Waals surface area contributed by atoms with Crippen molar-refractivity contribution in [3.63, 3.8) is 0 Å². The van der Waals surface area contributed by atoms with Gasteiger partial charge in [0.25, 0.3) is 0 Å². The molecular formula is C12H22N2O2. The van der Waals surface area contributed by atoms with Crippen LogP contribution in [-0.4, -0.2) is 49.2 Å². The van der Waals surface area contributed by atoms with Crippen LogP contribution in [0.1, 0.15) is 25.7 Å². The number of nitrogens with one attached hydrogen (secondary N) is 1. The number of hydrogen-bond acceptors (Lipinski definition) is 3. The molecule has 92 valence electrons. The Morgan fingerprint density at radius 1 is 1.50 bits per heavy atom. The van der Waals surface area contributed by atoms with Crippen LogP contribution in [0.15, 0.2) is 11.6 Å². The van der Waals surface area contributed by atoms with Crippen LogP contribution in [0.5, 0.6) is 0 Å². The van der Waals surface area contributed by atoms with Crippen molar-refractivity contribution >= 4 is 5.97 Å². The summed E-state index contributed by atoms with van der Waals surface area (Å²) in [5, 5.41) is 12.1. The van der Waals surface area contributed by atoms with Crippen molar-refractivity contribution < 1.29 is 9.90 Å². The van der Waals surface area contributed by atoms with Gasteiger partial charge in [-0.2, -0.15) is 0 Å². The highest BCUT2D eigenvalue weighted by atomic mass is 16.4. The average Bonchev–Trinajstić information content (AvgIpc) is 2.19.